The van der Waals surface area contributed by atoms with Gasteiger partial charge in [0.15, 0.2) is 0 Å². The fourth-order valence-electron chi connectivity index (χ4n) is 2.18. The molecule has 1 unspecified atom stereocenters. The lowest BCUT2D eigenvalue weighted by Gasteiger charge is -2.11. The Morgan fingerprint density at radius 2 is 1.74 bits per heavy atom. The van der Waals surface area contributed by atoms with Crippen molar-refractivity contribution in [1.29, 1.82) is 0 Å². The number of amides is 1. The van der Waals surface area contributed by atoms with Gasteiger partial charge in [0.1, 0.15) is 0 Å². The van der Waals surface area contributed by atoms with Gasteiger partial charge in [0.05, 0.1) is 0 Å². The van der Waals surface area contributed by atoms with Crippen LogP contribution in [0.25, 0.3) is 11.1 Å². The minimum atomic E-state index is -0.387. The van der Waals surface area contributed by atoms with Crippen molar-refractivity contribution in [3.63, 3.8) is 0 Å². The highest BCUT2D eigenvalue weighted by Crippen LogP contribution is 2.26. The van der Waals surface area contributed by atoms with Crippen molar-refractivity contribution in [1.82, 2.24) is 0 Å². The van der Waals surface area contributed by atoms with Gasteiger partial charge >= 0.3 is 0 Å². The molecule has 0 aliphatic rings. The number of carbonyl (C=O) groups is 1. The minimum Gasteiger partial charge on any atom is -0.366 e. The smallest absolute Gasteiger partial charge is 0.249 e. The Labute approximate surface area is 114 Å². The van der Waals surface area contributed by atoms with E-state index in [4.69, 9.17) is 5.73 Å². The van der Waals surface area contributed by atoms with Gasteiger partial charge in [-0.05, 0) is 35.1 Å². The van der Waals surface area contributed by atoms with E-state index < -0.39 is 0 Å². The van der Waals surface area contributed by atoms with Crippen molar-refractivity contribution in [3.05, 3.63) is 59.7 Å². The predicted octanol–water partition coefficient (Wildman–Crippen LogP) is 3.97. The summed E-state index contributed by atoms with van der Waals surface area (Å²) < 4.78 is 0. The molecule has 1 atom stereocenters. The zero-order valence-corrected chi connectivity index (χ0v) is 11.4. The summed E-state index contributed by atoms with van der Waals surface area (Å²) in [6.45, 7) is 4.40. The van der Waals surface area contributed by atoms with Crippen molar-refractivity contribution >= 4 is 5.91 Å². The molecule has 1 amide bonds. The molecule has 0 aliphatic carbocycles. The van der Waals surface area contributed by atoms with Gasteiger partial charge in [0.25, 0.3) is 0 Å². The molecule has 0 saturated carbocycles. The Bertz CT molecular complexity index is 572. The van der Waals surface area contributed by atoms with Gasteiger partial charge < -0.3 is 5.73 Å². The van der Waals surface area contributed by atoms with Crippen molar-refractivity contribution in [2.45, 2.75) is 26.2 Å². The summed E-state index contributed by atoms with van der Waals surface area (Å²) >= 11 is 0. The highest BCUT2D eigenvalue weighted by molar-refractivity contribution is 5.99. The van der Waals surface area contributed by atoms with E-state index in [-0.39, 0.29) is 5.91 Å². The molecule has 0 fully saturated rings. The summed E-state index contributed by atoms with van der Waals surface area (Å²) in [5.41, 5.74) is 9.23. The zero-order chi connectivity index (χ0) is 13.8. The summed E-state index contributed by atoms with van der Waals surface area (Å²) in [7, 11) is 0. The van der Waals surface area contributed by atoms with Gasteiger partial charge in [-0.1, -0.05) is 56.3 Å². The molecule has 0 radical (unpaired) electrons. The molecule has 0 aromatic heterocycles. The van der Waals surface area contributed by atoms with Crippen LogP contribution in [0.4, 0.5) is 0 Å². The van der Waals surface area contributed by atoms with Crippen LogP contribution >= 0.6 is 0 Å². The summed E-state index contributed by atoms with van der Waals surface area (Å²) in [6, 6.07) is 15.8. The minimum absolute atomic E-state index is 0.387. The molecular weight excluding hydrogens is 234 g/mol. The zero-order valence-electron chi connectivity index (χ0n) is 11.4. The quantitative estimate of drug-likeness (QED) is 0.880. The lowest BCUT2D eigenvalue weighted by molar-refractivity contribution is 0.100. The number of hydrogen-bond acceptors (Lipinski definition) is 1. The molecule has 2 rings (SSSR count). The van der Waals surface area contributed by atoms with Crippen LogP contribution in [-0.2, 0) is 0 Å². The number of benzene rings is 2. The summed E-state index contributed by atoms with van der Waals surface area (Å²) in [4.78, 5) is 11.4. The average Bonchev–Trinajstić information content (AvgIpc) is 2.46. The van der Waals surface area contributed by atoms with Crippen LogP contribution in [0.2, 0.25) is 0 Å². The van der Waals surface area contributed by atoms with Gasteiger partial charge in [0, 0.05) is 5.56 Å². The van der Waals surface area contributed by atoms with E-state index >= 15 is 0 Å². The van der Waals surface area contributed by atoms with Gasteiger partial charge in [-0.15, -0.1) is 0 Å². The van der Waals surface area contributed by atoms with E-state index in [1.165, 1.54) is 5.56 Å². The Morgan fingerprint density at radius 3 is 2.32 bits per heavy atom. The first-order chi connectivity index (χ1) is 9.13. The second-order valence-corrected chi connectivity index (χ2v) is 4.84. The molecule has 0 aliphatic heterocycles. The number of hydrogen-bond donors (Lipinski definition) is 1. The van der Waals surface area contributed by atoms with Crippen molar-refractivity contribution in [2.24, 2.45) is 5.73 Å². The molecule has 2 N–H and O–H groups in total. The van der Waals surface area contributed by atoms with Crippen LogP contribution in [0.5, 0.6) is 0 Å². The fraction of sp³-hybridized carbons (Fsp3) is 0.235. The van der Waals surface area contributed by atoms with Crippen LogP contribution in [0.1, 0.15) is 42.1 Å². The van der Waals surface area contributed by atoms with E-state index in [2.05, 4.69) is 38.1 Å². The second kappa shape index (κ2) is 5.70. The van der Waals surface area contributed by atoms with Crippen LogP contribution in [-0.4, -0.2) is 5.91 Å². The largest absolute Gasteiger partial charge is 0.366 e. The van der Waals surface area contributed by atoms with E-state index in [1.54, 1.807) is 6.07 Å². The van der Waals surface area contributed by atoms with Crippen molar-refractivity contribution < 1.29 is 4.79 Å². The number of nitrogens with two attached hydrogens (primary N) is 1. The monoisotopic (exact) mass is 253 g/mol. The molecule has 2 heteroatoms. The van der Waals surface area contributed by atoms with Crippen LogP contribution in [0.15, 0.2) is 48.5 Å². The third-order valence-corrected chi connectivity index (χ3v) is 3.60. The normalized spacial score (nSPS) is 12.1. The molecule has 0 spiro atoms. The maximum atomic E-state index is 11.4. The standard InChI is InChI=1S/C17H19NO/c1-3-12(2)13-8-10-14(11-9-13)15-6-4-5-7-16(15)17(18)19/h4-12H,3H2,1-2H3,(H2,18,19). The van der Waals surface area contributed by atoms with Crippen molar-refractivity contribution in [3.8, 4) is 11.1 Å². The van der Waals surface area contributed by atoms with Crippen molar-refractivity contribution in [2.75, 3.05) is 0 Å². The summed E-state index contributed by atoms with van der Waals surface area (Å²) in [5, 5.41) is 0. The first-order valence-corrected chi connectivity index (χ1v) is 6.62. The molecule has 0 bridgehead atoms. The summed E-state index contributed by atoms with van der Waals surface area (Å²) in [6.07, 6.45) is 1.12. The predicted molar refractivity (Wildman–Crippen MR) is 79.1 cm³/mol. The molecule has 2 aromatic carbocycles. The lowest BCUT2D eigenvalue weighted by atomic mass is 9.94. The first kappa shape index (κ1) is 13.3. The Kier molecular flexibility index (Phi) is 4.00. The highest BCUT2D eigenvalue weighted by atomic mass is 16.1. The molecule has 98 valence electrons. The SMILES string of the molecule is CCC(C)c1ccc(-c2ccccc2C(N)=O)cc1. The van der Waals surface area contributed by atoms with E-state index in [0.717, 1.165) is 17.5 Å². The van der Waals surface area contributed by atoms with Crippen LogP contribution < -0.4 is 5.73 Å². The topological polar surface area (TPSA) is 43.1 Å². The Morgan fingerprint density at radius 1 is 1.11 bits per heavy atom. The van der Waals surface area contributed by atoms with Crippen LogP contribution in [0.3, 0.4) is 0 Å². The molecule has 2 aromatic rings. The van der Waals surface area contributed by atoms with E-state index in [1.807, 2.05) is 18.2 Å². The second-order valence-electron chi connectivity index (χ2n) is 4.84. The molecule has 2 nitrogen and oxygen atoms in total. The third kappa shape index (κ3) is 2.84. The molecule has 0 saturated heterocycles. The molecular formula is C17H19NO. The molecule has 0 heterocycles. The maximum Gasteiger partial charge on any atom is 0.249 e. The Hall–Kier alpha value is -2.09. The van der Waals surface area contributed by atoms with E-state index in [0.29, 0.717) is 11.5 Å². The lowest BCUT2D eigenvalue weighted by Crippen LogP contribution is -2.12. The van der Waals surface area contributed by atoms with E-state index in [9.17, 15) is 4.79 Å². The van der Waals surface area contributed by atoms with Gasteiger partial charge in [-0.3, -0.25) is 4.79 Å². The maximum absolute atomic E-state index is 11.4. The number of rotatable bonds is 4. The Balaban J connectivity index is 2.40. The summed E-state index contributed by atoms with van der Waals surface area (Å²) in [5.74, 6) is 0.169. The molecule has 19 heavy (non-hydrogen) atoms. The number of primary amides is 1. The highest BCUT2D eigenvalue weighted by Gasteiger charge is 2.09. The fourth-order valence-corrected chi connectivity index (χ4v) is 2.18. The number of carbonyl (C=O) groups excluding carboxylic acids is 1. The van der Waals surface area contributed by atoms with Gasteiger partial charge in [-0.2, -0.15) is 0 Å². The average molecular weight is 253 g/mol. The van der Waals surface area contributed by atoms with Gasteiger partial charge in [-0.25, -0.2) is 0 Å². The van der Waals surface area contributed by atoms with Crippen LogP contribution in [0, 0.1) is 0 Å². The third-order valence-electron chi connectivity index (χ3n) is 3.60. The first-order valence-electron chi connectivity index (χ1n) is 6.62. The van der Waals surface area contributed by atoms with Gasteiger partial charge in [0.2, 0.25) is 5.91 Å².